The first kappa shape index (κ1) is 27.3. The lowest BCUT2D eigenvalue weighted by Gasteiger charge is -2.13. The molecule has 1 heterocycles. The molecule has 0 unspecified atom stereocenters. The minimum atomic E-state index is -1.37. The molecule has 3 aromatic carbocycles. The van der Waals surface area contributed by atoms with Crippen LogP contribution in [0, 0.1) is 17.5 Å². The van der Waals surface area contributed by atoms with Crippen LogP contribution in [0.2, 0.25) is 5.02 Å². The number of thiocarbonyl (C=S) groups is 1. The number of Topliss-reactive ketones (excluding diaryl/α,β-unsaturated/α-hetero) is 1. The number of ketones is 1. The fourth-order valence-corrected chi connectivity index (χ4v) is 4.46. The average Bonchev–Trinajstić information content (AvgIpc) is 2.89. The summed E-state index contributed by atoms with van der Waals surface area (Å²) in [7, 11) is 3.07. The molecule has 5 nitrogen and oxygen atoms in total. The lowest BCUT2D eigenvalue weighted by Crippen LogP contribution is -2.13. The molecule has 1 aromatic heterocycles. The highest BCUT2D eigenvalue weighted by atomic mass is 35.5. The second-order valence-electron chi connectivity index (χ2n) is 8.33. The summed E-state index contributed by atoms with van der Waals surface area (Å²) in [5.74, 6) is -2.15. The Labute approximate surface area is 227 Å². The number of nitrogens with zero attached hydrogens (tertiary/aromatic N) is 1. The van der Waals surface area contributed by atoms with Crippen LogP contribution >= 0.6 is 23.8 Å². The molecule has 0 fully saturated rings. The summed E-state index contributed by atoms with van der Waals surface area (Å²) in [5.41, 5.74) is 0.747. The second kappa shape index (κ2) is 11.8. The Morgan fingerprint density at radius 3 is 2.32 bits per heavy atom. The van der Waals surface area contributed by atoms with Crippen LogP contribution in [-0.2, 0) is 17.6 Å². The van der Waals surface area contributed by atoms with Crippen molar-refractivity contribution in [3.63, 3.8) is 0 Å². The van der Waals surface area contributed by atoms with Crippen LogP contribution in [0.1, 0.15) is 17.5 Å². The van der Waals surface area contributed by atoms with E-state index >= 15 is 0 Å². The molecule has 0 saturated heterocycles. The molecule has 10 heteroatoms. The molecule has 0 atom stereocenters. The molecule has 0 amide bonds. The Hall–Kier alpha value is -3.69. The van der Waals surface area contributed by atoms with Gasteiger partial charge in [0.2, 0.25) is 0 Å². The Morgan fingerprint density at radius 2 is 1.61 bits per heavy atom. The van der Waals surface area contributed by atoms with Crippen LogP contribution in [0.3, 0.4) is 0 Å². The zero-order valence-electron chi connectivity index (χ0n) is 20.3. The summed E-state index contributed by atoms with van der Waals surface area (Å²) in [6.45, 7) is 0. The van der Waals surface area contributed by atoms with Crippen molar-refractivity contribution < 1.29 is 32.2 Å². The minimum Gasteiger partial charge on any atom is -0.493 e. The second-order valence-corrected chi connectivity index (χ2v) is 9.31. The smallest absolute Gasteiger partial charge is 0.165 e. The van der Waals surface area contributed by atoms with Crippen LogP contribution in [0.4, 0.5) is 13.2 Å². The Kier molecular flexibility index (Phi) is 8.48. The van der Waals surface area contributed by atoms with Crippen LogP contribution < -0.4 is 14.2 Å². The van der Waals surface area contributed by atoms with Gasteiger partial charge in [0.1, 0.15) is 23.1 Å². The maximum Gasteiger partial charge on any atom is 0.165 e. The molecule has 4 rings (SSSR count). The topological polar surface area (TPSA) is 57.7 Å². The van der Waals surface area contributed by atoms with Crippen molar-refractivity contribution in [1.82, 2.24) is 4.98 Å². The number of fused-ring (bicyclic) bond motifs is 1. The highest BCUT2D eigenvalue weighted by Crippen LogP contribution is 2.38. The quantitative estimate of drug-likeness (QED) is 0.151. The maximum absolute atomic E-state index is 13.9. The number of aromatic nitrogens is 1. The zero-order chi connectivity index (χ0) is 27.4. The van der Waals surface area contributed by atoms with Gasteiger partial charge in [0, 0.05) is 47.3 Å². The monoisotopic (exact) mass is 559 g/mol. The van der Waals surface area contributed by atoms with E-state index < -0.39 is 35.2 Å². The highest BCUT2D eigenvalue weighted by molar-refractivity contribution is 7.80. The van der Waals surface area contributed by atoms with Gasteiger partial charge in [0.25, 0.3) is 0 Å². The maximum atomic E-state index is 13.9. The van der Waals surface area contributed by atoms with Gasteiger partial charge in [-0.2, -0.15) is 0 Å². The van der Waals surface area contributed by atoms with Gasteiger partial charge in [-0.15, -0.1) is 0 Å². The van der Waals surface area contributed by atoms with E-state index in [1.807, 2.05) is 0 Å². The number of pyridine rings is 1. The first-order valence-electron chi connectivity index (χ1n) is 11.3. The molecule has 0 aliphatic heterocycles. The zero-order valence-corrected chi connectivity index (χ0v) is 21.9. The molecule has 0 bridgehead atoms. The summed E-state index contributed by atoms with van der Waals surface area (Å²) in [6, 6.07) is 11.7. The van der Waals surface area contributed by atoms with Crippen LogP contribution in [-0.4, -0.2) is 29.9 Å². The average molecular weight is 560 g/mol. The SMILES string of the molecule is COc1cc2nccc(Oc3ccc(CC(=S)CC(=O)Cc4c(F)ccc(F)c4F)cc3Cl)c2cc1OC. The minimum absolute atomic E-state index is 0.200. The molecular formula is C28H21ClF3NO4S. The predicted octanol–water partition coefficient (Wildman–Crippen LogP) is 7.23. The third kappa shape index (κ3) is 6.06. The molecule has 0 N–H and O–H groups in total. The Balaban J connectivity index is 1.45. The summed E-state index contributed by atoms with van der Waals surface area (Å²) in [5, 5.41) is 1.00. The van der Waals surface area contributed by atoms with Crippen LogP contribution in [0.15, 0.2) is 54.7 Å². The van der Waals surface area contributed by atoms with Gasteiger partial charge < -0.3 is 14.2 Å². The number of rotatable bonds is 10. The molecule has 38 heavy (non-hydrogen) atoms. The van der Waals surface area contributed by atoms with E-state index in [1.54, 1.807) is 42.6 Å². The van der Waals surface area contributed by atoms with Crippen molar-refractivity contribution in [3.8, 4) is 23.0 Å². The molecule has 0 saturated carbocycles. The van der Waals surface area contributed by atoms with E-state index in [2.05, 4.69) is 4.98 Å². The van der Waals surface area contributed by atoms with Gasteiger partial charge in [-0.05, 0) is 42.0 Å². The number of ether oxygens (including phenoxy) is 3. The predicted molar refractivity (Wildman–Crippen MR) is 142 cm³/mol. The summed E-state index contributed by atoms with van der Waals surface area (Å²) in [6.07, 6.45) is 1.03. The van der Waals surface area contributed by atoms with E-state index in [1.165, 1.54) is 14.2 Å². The third-order valence-corrected chi connectivity index (χ3v) is 6.32. The van der Waals surface area contributed by atoms with Crippen LogP contribution in [0.25, 0.3) is 10.9 Å². The van der Waals surface area contributed by atoms with Gasteiger partial charge >= 0.3 is 0 Å². The fraction of sp³-hybridized carbons (Fsp3) is 0.179. The number of carbonyl (C=O) groups is 1. The van der Waals surface area contributed by atoms with Gasteiger partial charge in [-0.25, -0.2) is 13.2 Å². The fourth-order valence-electron chi connectivity index (χ4n) is 3.89. The van der Waals surface area contributed by atoms with Crippen molar-refractivity contribution in [2.75, 3.05) is 14.2 Å². The van der Waals surface area contributed by atoms with Crippen LogP contribution in [0.5, 0.6) is 23.0 Å². The molecule has 0 radical (unpaired) electrons. The Morgan fingerprint density at radius 1 is 0.895 bits per heavy atom. The first-order valence-corrected chi connectivity index (χ1v) is 12.1. The standard InChI is InChI=1S/C28H21ClF3NO4S/c1-35-26-13-19-23(14-27(26)36-2)33-8-7-24(19)37-25-6-3-15(10-20(25)29)9-17(38)11-16(34)12-18-21(30)4-5-22(31)28(18)32/h3-8,10,13-14H,9,11-12H2,1-2H3. The van der Waals surface area contributed by atoms with E-state index in [4.69, 9.17) is 38.0 Å². The molecule has 0 aliphatic rings. The van der Waals surface area contributed by atoms with E-state index in [9.17, 15) is 18.0 Å². The first-order chi connectivity index (χ1) is 18.2. The van der Waals surface area contributed by atoms with Crippen molar-refractivity contribution in [2.24, 2.45) is 0 Å². The van der Waals surface area contributed by atoms with E-state index in [-0.39, 0.29) is 12.8 Å². The number of methoxy groups -OCH3 is 2. The molecule has 196 valence electrons. The van der Waals surface area contributed by atoms with Crippen molar-refractivity contribution in [2.45, 2.75) is 19.3 Å². The molecule has 4 aromatic rings. The number of halogens is 4. The van der Waals surface area contributed by atoms with Gasteiger partial charge in [-0.1, -0.05) is 29.9 Å². The normalized spacial score (nSPS) is 10.9. The van der Waals surface area contributed by atoms with Crippen molar-refractivity contribution in [1.29, 1.82) is 0 Å². The van der Waals surface area contributed by atoms with Crippen molar-refractivity contribution >= 4 is 45.4 Å². The van der Waals surface area contributed by atoms with Gasteiger partial charge in [-0.3, -0.25) is 9.78 Å². The third-order valence-electron chi connectivity index (χ3n) is 5.73. The number of carbonyl (C=O) groups excluding carboxylic acids is 1. The molecule has 0 aliphatic carbocycles. The Bertz CT molecular complexity index is 1550. The van der Waals surface area contributed by atoms with E-state index in [0.717, 1.165) is 6.07 Å². The largest absolute Gasteiger partial charge is 0.493 e. The van der Waals surface area contributed by atoms with Crippen molar-refractivity contribution in [3.05, 3.63) is 88.3 Å². The highest BCUT2D eigenvalue weighted by Gasteiger charge is 2.18. The number of hydrogen-bond donors (Lipinski definition) is 0. The molecule has 0 spiro atoms. The lowest BCUT2D eigenvalue weighted by molar-refractivity contribution is -0.117. The lowest BCUT2D eigenvalue weighted by atomic mass is 10.0. The number of hydrogen-bond acceptors (Lipinski definition) is 6. The summed E-state index contributed by atoms with van der Waals surface area (Å²) < 4.78 is 57.9. The summed E-state index contributed by atoms with van der Waals surface area (Å²) >= 11 is 11.8. The number of benzene rings is 3. The van der Waals surface area contributed by atoms with Gasteiger partial charge in [0.05, 0.1) is 24.8 Å². The van der Waals surface area contributed by atoms with E-state index in [0.29, 0.717) is 55.4 Å². The summed E-state index contributed by atoms with van der Waals surface area (Å²) in [4.78, 5) is 17.0. The van der Waals surface area contributed by atoms with Gasteiger partial charge in [0.15, 0.2) is 23.1 Å². The molecular weight excluding hydrogens is 539 g/mol.